The lowest BCUT2D eigenvalue weighted by atomic mass is 10.2. The Hall–Kier alpha value is -2.97. The number of carbonyl (C=O) groups excluding carboxylic acids is 1. The van der Waals surface area contributed by atoms with Crippen molar-refractivity contribution in [2.24, 2.45) is 0 Å². The van der Waals surface area contributed by atoms with Gasteiger partial charge in [-0.25, -0.2) is 9.97 Å². The minimum absolute atomic E-state index is 0.166. The van der Waals surface area contributed by atoms with Gasteiger partial charge in [-0.05, 0) is 45.0 Å². The van der Waals surface area contributed by atoms with Crippen molar-refractivity contribution < 1.29 is 14.3 Å². The summed E-state index contributed by atoms with van der Waals surface area (Å²) in [6.07, 6.45) is 2.00. The number of amides is 1. The van der Waals surface area contributed by atoms with E-state index in [1.807, 2.05) is 43.3 Å². The summed E-state index contributed by atoms with van der Waals surface area (Å²) in [6.45, 7) is 8.08. The molecular formula is C23H26N4O3S. The second-order valence-corrected chi connectivity index (χ2v) is 8.69. The number of hydrogen-bond acceptors (Lipinski definition) is 7. The van der Waals surface area contributed by atoms with Crippen LogP contribution in [0.1, 0.15) is 34.9 Å². The van der Waals surface area contributed by atoms with E-state index in [2.05, 4.69) is 34.0 Å². The topological polar surface area (TPSA) is 76.6 Å². The fraction of sp³-hybridized carbons (Fsp3) is 0.348. The van der Waals surface area contributed by atoms with E-state index in [1.54, 1.807) is 11.6 Å². The van der Waals surface area contributed by atoms with Crippen LogP contribution in [0.4, 0.5) is 11.5 Å². The average molecular weight is 439 g/mol. The molecule has 0 bridgehead atoms. The predicted octanol–water partition coefficient (Wildman–Crippen LogP) is 4.29. The molecular weight excluding hydrogens is 412 g/mol. The van der Waals surface area contributed by atoms with Crippen LogP contribution in [-0.4, -0.2) is 41.2 Å². The van der Waals surface area contributed by atoms with Crippen LogP contribution in [0.25, 0.3) is 0 Å². The molecule has 31 heavy (non-hydrogen) atoms. The second kappa shape index (κ2) is 9.45. The number of anilines is 2. The summed E-state index contributed by atoms with van der Waals surface area (Å²) >= 11 is 1.40. The molecule has 1 amide bonds. The Morgan fingerprint density at radius 2 is 1.94 bits per heavy atom. The highest BCUT2D eigenvalue weighted by Gasteiger charge is 2.23. The lowest BCUT2D eigenvalue weighted by Crippen LogP contribution is -2.45. The first kappa shape index (κ1) is 21.3. The van der Waals surface area contributed by atoms with E-state index in [0.29, 0.717) is 18.0 Å². The van der Waals surface area contributed by atoms with Gasteiger partial charge in [0.2, 0.25) is 0 Å². The van der Waals surface area contributed by atoms with Crippen LogP contribution < -0.4 is 15.0 Å². The zero-order valence-electron chi connectivity index (χ0n) is 17.9. The maximum Gasteiger partial charge on any atom is 0.275 e. The fourth-order valence-electron chi connectivity index (χ4n) is 3.47. The quantitative estimate of drug-likeness (QED) is 0.619. The third kappa shape index (κ3) is 5.59. The van der Waals surface area contributed by atoms with Gasteiger partial charge in [0.05, 0.1) is 24.1 Å². The summed E-state index contributed by atoms with van der Waals surface area (Å²) in [6, 6.07) is 11.6. The number of carbonyl (C=O) groups is 1. The van der Waals surface area contributed by atoms with E-state index in [1.165, 1.54) is 16.9 Å². The normalized spacial score (nSPS) is 18.6. The third-order valence-electron chi connectivity index (χ3n) is 4.92. The van der Waals surface area contributed by atoms with Gasteiger partial charge in [-0.15, -0.1) is 11.3 Å². The summed E-state index contributed by atoms with van der Waals surface area (Å²) in [4.78, 5) is 23.6. The Labute approximate surface area is 186 Å². The third-order valence-corrected chi connectivity index (χ3v) is 5.74. The number of hydrogen-bond donors (Lipinski definition) is 1. The molecule has 0 aliphatic carbocycles. The molecule has 0 radical (unpaired) electrons. The van der Waals surface area contributed by atoms with E-state index < -0.39 is 0 Å². The number of aromatic nitrogens is 2. The van der Waals surface area contributed by atoms with Gasteiger partial charge in [-0.3, -0.25) is 4.79 Å². The largest absolute Gasteiger partial charge is 0.486 e. The van der Waals surface area contributed by atoms with Gasteiger partial charge in [0, 0.05) is 18.5 Å². The average Bonchev–Trinajstić information content (AvgIpc) is 3.22. The minimum Gasteiger partial charge on any atom is -0.486 e. The van der Waals surface area contributed by atoms with Crippen LogP contribution in [-0.2, 0) is 11.3 Å². The number of nitrogens with one attached hydrogen (secondary N) is 1. The number of morpholine rings is 1. The number of aryl methyl sites for hydroxylation is 1. The first-order valence-corrected chi connectivity index (χ1v) is 11.2. The zero-order chi connectivity index (χ0) is 21.8. The molecule has 1 aliphatic rings. The van der Waals surface area contributed by atoms with Crippen molar-refractivity contribution >= 4 is 28.7 Å². The molecule has 0 spiro atoms. The minimum atomic E-state index is -0.263. The number of ether oxygens (including phenoxy) is 2. The molecule has 0 saturated carbocycles. The van der Waals surface area contributed by atoms with Gasteiger partial charge in [-0.2, -0.15) is 0 Å². The molecule has 2 unspecified atom stereocenters. The van der Waals surface area contributed by atoms with Crippen LogP contribution in [0.3, 0.4) is 0 Å². The standard InChI is InChI=1S/C23H26N4O3S/c1-15-4-7-19(8-5-15)29-13-22-26-20(14-31-22)23(28)25-18-6-9-21(24-10-18)27-11-16(2)30-17(3)12-27/h4-10,14,16-17H,11-13H2,1-3H3,(H,25,28). The second-order valence-electron chi connectivity index (χ2n) is 7.75. The van der Waals surface area contributed by atoms with Crippen LogP contribution in [0.2, 0.25) is 0 Å². The van der Waals surface area contributed by atoms with Gasteiger partial charge in [0.1, 0.15) is 28.9 Å². The summed E-state index contributed by atoms with van der Waals surface area (Å²) in [5.74, 6) is 1.40. The van der Waals surface area contributed by atoms with E-state index in [9.17, 15) is 4.79 Å². The molecule has 1 aliphatic heterocycles. The lowest BCUT2D eigenvalue weighted by molar-refractivity contribution is -0.00545. The number of benzene rings is 1. The molecule has 7 nitrogen and oxygen atoms in total. The van der Waals surface area contributed by atoms with Crippen LogP contribution in [0.15, 0.2) is 48.0 Å². The fourth-order valence-corrected chi connectivity index (χ4v) is 4.15. The van der Waals surface area contributed by atoms with E-state index >= 15 is 0 Å². The van der Waals surface area contributed by atoms with Gasteiger partial charge in [0.25, 0.3) is 5.91 Å². The SMILES string of the molecule is Cc1ccc(OCc2nc(C(=O)Nc3ccc(N4CC(C)OC(C)C4)nc3)cs2)cc1. The van der Waals surface area contributed by atoms with Crippen molar-refractivity contribution in [2.45, 2.75) is 39.6 Å². The maximum atomic E-state index is 12.5. The highest BCUT2D eigenvalue weighted by molar-refractivity contribution is 7.09. The van der Waals surface area contributed by atoms with Crippen molar-refractivity contribution in [1.29, 1.82) is 0 Å². The van der Waals surface area contributed by atoms with E-state index in [0.717, 1.165) is 29.7 Å². The first-order chi connectivity index (χ1) is 15.0. The maximum absolute atomic E-state index is 12.5. The molecule has 2 aromatic heterocycles. The van der Waals surface area contributed by atoms with Crippen LogP contribution >= 0.6 is 11.3 Å². The zero-order valence-corrected chi connectivity index (χ0v) is 18.7. The summed E-state index contributed by atoms with van der Waals surface area (Å²) in [5, 5.41) is 5.34. The number of rotatable bonds is 6. The Balaban J connectivity index is 1.32. The van der Waals surface area contributed by atoms with Gasteiger partial charge in [0.15, 0.2) is 0 Å². The summed E-state index contributed by atoms with van der Waals surface area (Å²) in [7, 11) is 0. The van der Waals surface area contributed by atoms with Gasteiger partial charge >= 0.3 is 0 Å². The van der Waals surface area contributed by atoms with Crippen molar-refractivity contribution in [1.82, 2.24) is 9.97 Å². The molecule has 3 heterocycles. The molecule has 1 N–H and O–H groups in total. The van der Waals surface area contributed by atoms with Crippen molar-refractivity contribution in [3.63, 3.8) is 0 Å². The number of thiazole rings is 1. The summed E-state index contributed by atoms with van der Waals surface area (Å²) < 4.78 is 11.5. The number of pyridine rings is 1. The van der Waals surface area contributed by atoms with E-state index in [-0.39, 0.29) is 18.1 Å². The molecule has 4 rings (SSSR count). The van der Waals surface area contributed by atoms with Gasteiger partial charge < -0.3 is 19.7 Å². The molecule has 162 valence electrons. The number of nitrogens with zero attached hydrogens (tertiary/aromatic N) is 3. The van der Waals surface area contributed by atoms with Gasteiger partial charge in [-0.1, -0.05) is 17.7 Å². The van der Waals surface area contributed by atoms with Crippen molar-refractivity contribution in [3.8, 4) is 5.75 Å². The Kier molecular flexibility index (Phi) is 6.48. The van der Waals surface area contributed by atoms with Crippen LogP contribution in [0, 0.1) is 6.92 Å². The molecule has 3 aromatic rings. The highest BCUT2D eigenvalue weighted by Crippen LogP contribution is 2.21. The molecule has 2 atom stereocenters. The Morgan fingerprint density at radius 3 is 2.61 bits per heavy atom. The van der Waals surface area contributed by atoms with Crippen molar-refractivity contribution in [2.75, 3.05) is 23.3 Å². The summed E-state index contributed by atoms with van der Waals surface area (Å²) in [5.41, 5.74) is 2.18. The lowest BCUT2D eigenvalue weighted by Gasteiger charge is -2.36. The van der Waals surface area contributed by atoms with Crippen LogP contribution in [0.5, 0.6) is 5.75 Å². The predicted molar refractivity (Wildman–Crippen MR) is 122 cm³/mol. The highest BCUT2D eigenvalue weighted by atomic mass is 32.1. The first-order valence-electron chi connectivity index (χ1n) is 10.3. The van der Waals surface area contributed by atoms with Crippen molar-refractivity contribution in [3.05, 3.63) is 64.2 Å². The molecule has 1 saturated heterocycles. The molecule has 1 aromatic carbocycles. The Morgan fingerprint density at radius 1 is 1.19 bits per heavy atom. The van der Waals surface area contributed by atoms with E-state index in [4.69, 9.17) is 9.47 Å². The monoisotopic (exact) mass is 438 g/mol. The molecule has 8 heteroatoms. The molecule has 1 fully saturated rings. The smallest absolute Gasteiger partial charge is 0.275 e. The Bertz CT molecular complexity index is 1010.